The lowest BCUT2D eigenvalue weighted by Gasteiger charge is -2.29. The molecule has 0 aromatic rings. The van der Waals surface area contributed by atoms with Crippen LogP contribution in [-0.4, -0.2) is 59.2 Å². The van der Waals surface area contributed by atoms with Gasteiger partial charge in [0.25, 0.3) is 0 Å². The Bertz CT molecular complexity index is 345. The van der Waals surface area contributed by atoms with E-state index in [-0.39, 0.29) is 12.6 Å². The molecule has 1 atom stereocenters. The monoisotopic (exact) mass is 340 g/mol. The number of aliphatic hydroxyl groups is 2. The van der Waals surface area contributed by atoms with Crippen LogP contribution in [0.2, 0.25) is 0 Å². The molecule has 1 fully saturated rings. The van der Waals surface area contributed by atoms with Gasteiger partial charge in [-0.25, -0.2) is 4.79 Å². The minimum atomic E-state index is -4.37. The molecule has 23 heavy (non-hydrogen) atoms. The first kappa shape index (κ1) is 20.0. The third-order valence-corrected chi connectivity index (χ3v) is 4.03. The van der Waals surface area contributed by atoms with Crippen LogP contribution in [0, 0.1) is 0 Å². The van der Waals surface area contributed by atoms with Gasteiger partial charge in [0.15, 0.2) is 0 Å². The molecule has 1 aliphatic rings. The van der Waals surface area contributed by atoms with E-state index >= 15 is 0 Å². The number of rotatable bonds is 6. The summed E-state index contributed by atoms with van der Waals surface area (Å²) in [7, 11) is 0. The first-order chi connectivity index (χ1) is 10.8. The molecule has 0 aromatic heterocycles. The third-order valence-electron chi connectivity index (χ3n) is 4.03. The van der Waals surface area contributed by atoms with Crippen molar-refractivity contribution in [2.75, 3.05) is 19.7 Å². The van der Waals surface area contributed by atoms with Gasteiger partial charge in [-0.1, -0.05) is 32.1 Å². The smallest absolute Gasteiger partial charge is 0.390 e. The molecule has 0 aromatic carbocycles. The van der Waals surface area contributed by atoms with E-state index in [9.17, 15) is 23.1 Å². The van der Waals surface area contributed by atoms with Crippen molar-refractivity contribution >= 4 is 6.03 Å². The van der Waals surface area contributed by atoms with Crippen molar-refractivity contribution in [2.24, 2.45) is 0 Å². The molecule has 8 heteroatoms. The second-order valence-corrected chi connectivity index (χ2v) is 6.14. The fraction of sp³-hybridized carbons (Fsp3) is 0.933. The zero-order chi connectivity index (χ0) is 17.3. The van der Waals surface area contributed by atoms with Gasteiger partial charge in [-0.15, -0.1) is 0 Å². The topological polar surface area (TPSA) is 72.8 Å². The summed E-state index contributed by atoms with van der Waals surface area (Å²) in [5.41, 5.74) is 0. The molecular weight excluding hydrogens is 313 g/mol. The van der Waals surface area contributed by atoms with Gasteiger partial charge >= 0.3 is 12.2 Å². The van der Waals surface area contributed by atoms with Gasteiger partial charge in [0.05, 0.1) is 25.7 Å². The number of nitrogens with one attached hydrogen (secondary N) is 1. The number of carbonyl (C=O) groups is 1. The molecule has 3 N–H and O–H groups in total. The highest BCUT2D eigenvalue weighted by Gasteiger charge is 2.30. The first-order valence-electron chi connectivity index (χ1n) is 8.23. The lowest BCUT2D eigenvalue weighted by molar-refractivity contribution is -0.137. The lowest BCUT2D eigenvalue weighted by atomic mass is 9.97. The van der Waals surface area contributed by atoms with Gasteiger partial charge in [-0.3, -0.25) is 0 Å². The predicted octanol–water partition coefficient (Wildman–Crippen LogP) is 2.42. The number of aliphatic hydroxyl groups excluding tert-OH is 2. The summed E-state index contributed by atoms with van der Waals surface area (Å²) >= 11 is 0. The molecule has 1 saturated carbocycles. The van der Waals surface area contributed by atoms with Gasteiger partial charge in [0.1, 0.15) is 0 Å². The fourth-order valence-corrected chi connectivity index (χ4v) is 2.72. The van der Waals surface area contributed by atoms with E-state index in [1.54, 1.807) is 0 Å². The maximum atomic E-state index is 12.4. The lowest BCUT2D eigenvalue weighted by Crippen LogP contribution is -2.49. The molecule has 136 valence electrons. The Labute approximate surface area is 134 Å². The molecule has 0 heterocycles. The largest absolute Gasteiger partial charge is 0.394 e. The Kier molecular flexibility index (Phi) is 8.68. The van der Waals surface area contributed by atoms with E-state index in [2.05, 4.69) is 5.32 Å². The van der Waals surface area contributed by atoms with Crippen LogP contribution in [0.25, 0.3) is 0 Å². The number of amides is 2. The zero-order valence-corrected chi connectivity index (χ0v) is 13.3. The van der Waals surface area contributed by atoms with E-state index < -0.39 is 37.9 Å². The molecule has 0 spiro atoms. The maximum Gasteiger partial charge on any atom is 0.390 e. The SMILES string of the molecule is O=C(NC1CCCCCCC1)N(CCC(F)(F)F)C[C@H](O)CO. The van der Waals surface area contributed by atoms with E-state index in [1.165, 1.54) is 6.42 Å². The number of carbonyl (C=O) groups excluding carboxylic acids is 1. The molecule has 0 unspecified atom stereocenters. The molecule has 1 rings (SSSR count). The molecular formula is C15H27F3N2O3. The first-order valence-corrected chi connectivity index (χ1v) is 8.23. The Morgan fingerprint density at radius 2 is 1.74 bits per heavy atom. The van der Waals surface area contributed by atoms with Crippen LogP contribution in [0.1, 0.15) is 51.4 Å². The van der Waals surface area contributed by atoms with Crippen molar-refractivity contribution in [3.63, 3.8) is 0 Å². The van der Waals surface area contributed by atoms with Crippen molar-refractivity contribution in [1.29, 1.82) is 0 Å². The number of hydrogen-bond acceptors (Lipinski definition) is 3. The van der Waals surface area contributed by atoms with Crippen LogP contribution in [0.4, 0.5) is 18.0 Å². The van der Waals surface area contributed by atoms with Gasteiger partial charge in [-0.05, 0) is 12.8 Å². The molecule has 0 radical (unpaired) electrons. The summed E-state index contributed by atoms with van der Waals surface area (Å²) in [6.45, 7) is -1.44. The average Bonchev–Trinajstić information content (AvgIpc) is 2.44. The van der Waals surface area contributed by atoms with Gasteiger partial charge in [0.2, 0.25) is 0 Å². The molecule has 2 amide bonds. The minimum absolute atomic E-state index is 0.0394. The van der Waals surface area contributed by atoms with Crippen molar-refractivity contribution in [3.05, 3.63) is 0 Å². The number of alkyl halides is 3. The Balaban J connectivity index is 2.57. The van der Waals surface area contributed by atoms with Gasteiger partial charge in [-0.2, -0.15) is 13.2 Å². The molecule has 0 aliphatic heterocycles. The highest BCUT2D eigenvalue weighted by molar-refractivity contribution is 5.74. The van der Waals surface area contributed by atoms with E-state index in [4.69, 9.17) is 5.11 Å². The molecule has 5 nitrogen and oxygen atoms in total. The van der Waals surface area contributed by atoms with Crippen LogP contribution in [-0.2, 0) is 0 Å². The quantitative estimate of drug-likeness (QED) is 0.695. The number of urea groups is 1. The van der Waals surface area contributed by atoms with Crippen molar-refractivity contribution in [2.45, 2.75) is 69.7 Å². The highest BCUT2D eigenvalue weighted by Crippen LogP contribution is 2.20. The summed E-state index contributed by atoms with van der Waals surface area (Å²) in [5.74, 6) is 0. The highest BCUT2D eigenvalue weighted by atomic mass is 19.4. The standard InChI is InChI=1S/C15H27F3N2O3/c16-15(17,18)8-9-20(10-13(22)11-21)14(23)19-12-6-4-2-1-3-5-7-12/h12-13,21-22H,1-11H2,(H,19,23)/t13-/m0/s1. The number of hydrogen-bond donors (Lipinski definition) is 3. The summed E-state index contributed by atoms with van der Waals surface area (Å²) in [4.78, 5) is 13.2. The van der Waals surface area contributed by atoms with Gasteiger partial charge in [0, 0.05) is 12.6 Å². The predicted molar refractivity (Wildman–Crippen MR) is 80.0 cm³/mol. The maximum absolute atomic E-state index is 12.4. The van der Waals surface area contributed by atoms with Crippen LogP contribution in [0.5, 0.6) is 0 Å². The van der Waals surface area contributed by atoms with Crippen LogP contribution >= 0.6 is 0 Å². The van der Waals surface area contributed by atoms with Crippen LogP contribution < -0.4 is 5.32 Å². The summed E-state index contributed by atoms with van der Waals surface area (Å²) in [6.07, 6.45) is 0.266. The average molecular weight is 340 g/mol. The van der Waals surface area contributed by atoms with Crippen LogP contribution in [0.3, 0.4) is 0 Å². The number of halogens is 3. The van der Waals surface area contributed by atoms with Crippen LogP contribution in [0.15, 0.2) is 0 Å². The summed E-state index contributed by atoms with van der Waals surface area (Å²) in [5, 5.41) is 21.1. The van der Waals surface area contributed by atoms with Crippen molar-refractivity contribution in [3.8, 4) is 0 Å². The Morgan fingerprint density at radius 1 is 1.17 bits per heavy atom. The van der Waals surface area contributed by atoms with E-state index in [0.29, 0.717) is 0 Å². The molecule has 1 aliphatic carbocycles. The Morgan fingerprint density at radius 3 is 2.26 bits per heavy atom. The normalized spacial score (nSPS) is 18.8. The minimum Gasteiger partial charge on any atom is -0.394 e. The van der Waals surface area contributed by atoms with Crippen molar-refractivity contribution < 1.29 is 28.2 Å². The second-order valence-electron chi connectivity index (χ2n) is 6.14. The Hall–Kier alpha value is -1.02. The fourth-order valence-electron chi connectivity index (χ4n) is 2.72. The summed E-state index contributed by atoms with van der Waals surface area (Å²) < 4.78 is 37.2. The van der Waals surface area contributed by atoms with E-state index in [1.807, 2.05) is 0 Å². The second kappa shape index (κ2) is 9.97. The van der Waals surface area contributed by atoms with Gasteiger partial charge < -0.3 is 20.4 Å². The third kappa shape index (κ3) is 9.00. The molecule has 0 bridgehead atoms. The molecule has 0 saturated heterocycles. The van der Waals surface area contributed by atoms with Crippen molar-refractivity contribution in [1.82, 2.24) is 10.2 Å². The van der Waals surface area contributed by atoms with E-state index in [0.717, 1.165) is 43.4 Å². The summed E-state index contributed by atoms with van der Waals surface area (Å²) in [6, 6.07) is -0.644. The number of nitrogens with zero attached hydrogens (tertiary/aromatic N) is 1. The zero-order valence-electron chi connectivity index (χ0n) is 13.3.